The molecule has 0 atom stereocenters. The van der Waals surface area contributed by atoms with Crippen molar-refractivity contribution in [3.8, 4) is 5.75 Å². The molecule has 0 saturated carbocycles. The molecular weight excluding hydrogens is 351 g/mol. The normalized spacial score (nSPS) is 13.8. The summed E-state index contributed by atoms with van der Waals surface area (Å²) in [6.45, 7) is -4.55. The van der Waals surface area contributed by atoms with Gasteiger partial charge in [-0.25, -0.2) is 4.79 Å². The van der Waals surface area contributed by atoms with Crippen LogP contribution in [0.15, 0.2) is 36.5 Å². The number of halogens is 5. The van der Waals surface area contributed by atoms with Crippen molar-refractivity contribution in [3.05, 3.63) is 47.8 Å². The highest BCUT2D eigenvalue weighted by Crippen LogP contribution is 2.36. The summed E-state index contributed by atoms with van der Waals surface area (Å²) < 4.78 is 91.2. The Kier molecular flexibility index (Phi) is 4.49. The van der Waals surface area contributed by atoms with Crippen molar-refractivity contribution in [3.63, 3.8) is 0 Å². The highest BCUT2D eigenvalue weighted by atomic mass is 19.4. The van der Waals surface area contributed by atoms with Crippen LogP contribution in [0.4, 0.5) is 22.0 Å². The van der Waals surface area contributed by atoms with E-state index in [4.69, 9.17) is 7.48 Å². The zero-order chi connectivity index (χ0) is 20.5. The molecule has 25 heavy (non-hydrogen) atoms. The van der Waals surface area contributed by atoms with Gasteiger partial charge < -0.3 is 9.47 Å². The number of rotatable bonds is 6. The molecular formula is C15H13F5N2O3. The van der Waals surface area contributed by atoms with Crippen molar-refractivity contribution in [2.75, 3.05) is 7.11 Å². The number of benzene rings is 1. The van der Waals surface area contributed by atoms with Gasteiger partial charge in [0.05, 0.1) is 21.1 Å². The van der Waals surface area contributed by atoms with Crippen LogP contribution in [-0.2, 0) is 28.6 Å². The van der Waals surface area contributed by atoms with Crippen LogP contribution in [-0.4, -0.2) is 29.0 Å². The smallest absolute Gasteiger partial charge is 0.408 e. The topological polar surface area (TPSA) is 53.4 Å². The molecule has 2 rings (SSSR count). The summed E-state index contributed by atoms with van der Waals surface area (Å²) in [7, 11) is 0.745. The Bertz CT molecular complexity index is 824. The Morgan fingerprint density at radius 2 is 1.92 bits per heavy atom. The fourth-order valence-corrected chi connectivity index (χ4v) is 1.88. The number of para-hydroxylation sites is 1. The quantitative estimate of drug-likeness (QED) is 0.582. The van der Waals surface area contributed by atoms with Crippen LogP contribution in [0, 0.1) is 0 Å². The summed E-state index contributed by atoms with van der Waals surface area (Å²) in [4.78, 5) is 11.3. The molecule has 0 saturated heterocycles. The fourth-order valence-electron chi connectivity index (χ4n) is 1.88. The molecule has 1 heterocycles. The Morgan fingerprint density at radius 1 is 1.24 bits per heavy atom. The van der Waals surface area contributed by atoms with Crippen LogP contribution < -0.4 is 4.74 Å². The molecule has 0 aliphatic heterocycles. The Hall–Kier alpha value is -2.65. The highest BCUT2D eigenvalue weighted by Gasteiger charge is 2.44. The van der Waals surface area contributed by atoms with Crippen molar-refractivity contribution in [2.24, 2.45) is 0 Å². The van der Waals surface area contributed by atoms with Crippen LogP contribution in [0.5, 0.6) is 5.75 Å². The molecule has 1 aromatic heterocycles. The Morgan fingerprint density at radius 3 is 2.56 bits per heavy atom. The van der Waals surface area contributed by atoms with Crippen LogP contribution >= 0.6 is 0 Å². The van der Waals surface area contributed by atoms with Gasteiger partial charge in [0.1, 0.15) is 18.9 Å². The molecule has 0 fully saturated rings. The van der Waals surface area contributed by atoms with E-state index in [1.807, 2.05) is 0 Å². The van der Waals surface area contributed by atoms with Crippen LogP contribution in [0.25, 0.3) is 0 Å². The van der Waals surface area contributed by atoms with Crippen LogP contribution in [0.1, 0.15) is 14.0 Å². The summed E-state index contributed by atoms with van der Waals surface area (Å²) in [6.07, 6.45) is -3.77. The molecule has 10 heteroatoms. The maximum absolute atomic E-state index is 14.2. The number of aromatic nitrogens is 2. The lowest BCUT2D eigenvalue weighted by Crippen LogP contribution is -2.28. The lowest BCUT2D eigenvalue weighted by Gasteiger charge is -2.18. The number of esters is 1. The van der Waals surface area contributed by atoms with E-state index in [0.29, 0.717) is 4.68 Å². The van der Waals surface area contributed by atoms with Gasteiger partial charge in [-0.05, 0) is 18.2 Å². The molecule has 0 aliphatic carbocycles. The van der Waals surface area contributed by atoms with Gasteiger partial charge in [-0.3, -0.25) is 4.68 Å². The number of nitrogens with zero attached hydrogens (tertiary/aromatic N) is 2. The summed E-state index contributed by atoms with van der Waals surface area (Å²) in [5.74, 6) is -6.80. The summed E-state index contributed by atoms with van der Waals surface area (Å²) in [5, 5.41) is 3.38. The predicted molar refractivity (Wildman–Crippen MR) is 75.0 cm³/mol. The zero-order valence-electron chi connectivity index (χ0n) is 14.7. The largest absolute Gasteiger partial charge is 0.487 e. The Balaban J connectivity index is 2.41. The van der Waals surface area contributed by atoms with E-state index < -0.39 is 48.2 Å². The van der Waals surface area contributed by atoms with E-state index in [1.54, 1.807) is 0 Å². The second-order valence-corrected chi connectivity index (χ2v) is 4.76. The number of methoxy groups -OCH3 is 1. The maximum Gasteiger partial charge on any atom is 0.408 e. The average Bonchev–Trinajstić information content (AvgIpc) is 3.01. The van der Waals surface area contributed by atoms with Crippen LogP contribution in [0.2, 0.25) is 0 Å². The molecule has 136 valence electrons. The number of alkyl halides is 5. The van der Waals surface area contributed by atoms with Gasteiger partial charge in [0.2, 0.25) is 0 Å². The first kappa shape index (κ1) is 15.9. The Labute approximate surface area is 141 Å². The third kappa shape index (κ3) is 4.46. The van der Waals surface area contributed by atoms with E-state index in [1.165, 1.54) is 6.07 Å². The number of hydrogen-bond donors (Lipinski definition) is 0. The van der Waals surface area contributed by atoms with Gasteiger partial charge in [0.15, 0.2) is 0 Å². The predicted octanol–water partition coefficient (Wildman–Crippen LogP) is 3.29. The zero-order valence-corrected chi connectivity index (χ0v) is 12.7. The first-order valence-corrected chi connectivity index (χ1v) is 6.72. The molecule has 0 amide bonds. The van der Waals surface area contributed by atoms with Gasteiger partial charge in [0, 0.05) is 6.20 Å². The van der Waals surface area contributed by atoms with Gasteiger partial charge in [-0.1, -0.05) is 12.1 Å². The minimum absolute atomic E-state index is 0.307. The van der Waals surface area contributed by atoms with Crippen molar-refractivity contribution in [1.82, 2.24) is 9.78 Å². The standard InChI is InChI=1S/C15H13F5N2O3/c1-24-13(23)15(19,20)11-4-2-3-5-12(11)25-8-10-6-7-21-22(10)9-14(16,17)18/h2-7H,8-9H2,1H3/i8D2. The molecule has 0 bridgehead atoms. The second kappa shape index (κ2) is 7.08. The van der Waals surface area contributed by atoms with Gasteiger partial charge in [-0.2, -0.15) is 27.1 Å². The molecule has 0 radical (unpaired) electrons. The van der Waals surface area contributed by atoms with Crippen molar-refractivity contribution >= 4 is 5.97 Å². The monoisotopic (exact) mass is 366 g/mol. The number of ether oxygens (including phenoxy) is 2. The van der Waals surface area contributed by atoms with Crippen molar-refractivity contribution in [2.45, 2.75) is 25.2 Å². The SMILES string of the molecule is [2H]C([2H])(Oc1ccccc1C(F)(F)C(=O)OC)c1ccnn1CC(F)(F)F. The first-order valence-electron chi connectivity index (χ1n) is 7.72. The minimum Gasteiger partial charge on any atom is -0.487 e. The summed E-state index contributed by atoms with van der Waals surface area (Å²) in [6, 6.07) is 5.08. The van der Waals surface area contributed by atoms with Crippen LogP contribution in [0.3, 0.4) is 0 Å². The summed E-state index contributed by atoms with van der Waals surface area (Å²) >= 11 is 0. The van der Waals surface area contributed by atoms with E-state index in [-0.39, 0.29) is 0 Å². The first-order chi connectivity index (χ1) is 12.4. The lowest BCUT2D eigenvalue weighted by molar-refractivity contribution is -0.170. The number of carbonyl (C=O) groups is 1. The molecule has 2 aromatic rings. The molecule has 5 nitrogen and oxygen atoms in total. The second-order valence-electron chi connectivity index (χ2n) is 4.76. The van der Waals surface area contributed by atoms with E-state index in [9.17, 15) is 26.7 Å². The molecule has 0 aliphatic rings. The maximum atomic E-state index is 14.2. The van der Waals surface area contributed by atoms with E-state index >= 15 is 0 Å². The third-order valence-corrected chi connectivity index (χ3v) is 2.98. The molecule has 0 N–H and O–H groups in total. The molecule has 1 aromatic carbocycles. The molecule has 0 unspecified atom stereocenters. The van der Waals surface area contributed by atoms with Gasteiger partial charge in [-0.15, -0.1) is 0 Å². The van der Waals surface area contributed by atoms with Crippen molar-refractivity contribution < 1.29 is 39.0 Å². The summed E-state index contributed by atoms with van der Waals surface area (Å²) in [5.41, 5.74) is -1.64. The minimum atomic E-state index is -4.69. The fraction of sp³-hybridized carbons (Fsp3) is 0.333. The average molecular weight is 366 g/mol. The molecule has 0 spiro atoms. The van der Waals surface area contributed by atoms with Gasteiger partial charge in [0.25, 0.3) is 0 Å². The van der Waals surface area contributed by atoms with Gasteiger partial charge >= 0.3 is 18.1 Å². The number of carbonyl (C=O) groups excluding carboxylic acids is 1. The van der Waals surface area contributed by atoms with E-state index in [0.717, 1.165) is 37.6 Å². The van der Waals surface area contributed by atoms with Crippen molar-refractivity contribution in [1.29, 1.82) is 0 Å². The lowest BCUT2D eigenvalue weighted by atomic mass is 10.1. The van der Waals surface area contributed by atoms with E-state index in [2.05, 4.69) is 9.84 Å². The highest BCUT2D eigenvalue weighted by molar-refractivity contribution is 5.80. The third-order valence-electron chi connectivity index (χ3n) is 2.98. The number of hydrogen-bond acceptors (Lipinski definition) is 4.